The molecule has 1 aliphatic carbocycles. The lowest BCUT2D eigenvalue weighted by atomic mass is 9.78. The maximum Gasteiger partial charge on any atom is 0.226 e. The lowest BCUT2D eigenvalue weighted by Crippen LogP contribution is -2.60. The molecule has 3 heterocycles. The number of aromatic nitrogens is 1. The van der Waals surface area contributed by atoms with Crippen molar-refractivity contribution in [3.8, 4) is 0 Å². The van der Waals surface area contributed by atoms with Gasteiger partial charge in [-0.2, -0.15) is 0 Å². The zero-order chi connectivity index (χ0) is 15.0. The van der Waals surface area contributed by atoms with Crippen molar-refractivity contribution in [2.75, 3.05) is 26.2 Å². The summed E-state index contributed by atoms with van der Waals surface area (Å²) >= 11 is 0. The number of likely N-dealkylation sites (tertiary alicyclic amines) is 2. The first kappa shape index (κ1) is 13.9. The fourth-order valence-electron chi connectivity index (χ4n) is 4.17. The van der Waals surface area contributed by atoms with Crippen molar-refractivity contribution in [2.24, 2.45) is 11.3 Å². The van der Waals surface area contributed by atoms with Crippen LogP contribution in [-0.2, 0) is 11.3 Å². The van der Waals surface area contributed by atoms with E-state index in [-0.39, 0.29) is 5.92 Å². The molecule has 0 N–H and O–H groups in total. The maximum absolute atomic E-state index is 12.4. The minimum absolute atomic E-state index is 0.227. The van der Waals surface area contributed by atoms with Crippen LogP contribution in [0, 0.1) is 11.3 Å². The topological polar surface area (TPSA) is 36.4 Å². The third kappa shape index (κ3) is 2.56. The van der Waals surface area contributed by atoms with Gasteiger partial charge in [0.05, 0.1) is 0 Å². The van der Waals surface area contributed by atoms with Crippen LogP contribution in [0.5, 0.6) is 0 Å². The van der Waals surface area contributed by atoms with Gasteiger partial charge in [0.2, 0.25) is 5.91 Å². The molecule has 1 spiro atoms. The zero-order valence-electron chi connectivity index (χ0n) is 12.9. The molecule has 2 saturated heterocycles. The molecule has 4 nitrogen and oxygen atoms in total. The summed E-state index contributed by atoms with van der Waals surface area (Å²) < 4.78 is 0. The molecule has 0 unspecified atom stereocenters. The van der Waals surface area contributed by atoms with E-state index in [2.05, 4.69) is 33.0 Å². The predicted octanol–water partition coefficient (Wildman–Crippen LogP) is 2.08. The summed E-state index contributed by atoms with van der Waals surface area (Å²) in [6.45, 7) is 5.17. The van der Waals surface area contributed by atoms with E-state index in [9.17, 15) is 4.79 Å². The Morgan fingerprint density at radius 3 is 2.82 bits per heavy atom. The second kappa shape index (κ2) is 5.51. The number of hydrogen-bond donors (Lipinski definition) is 0. The average molecular weight is 297 g/mol. The smallest absolute Gasteiger partial charge is 0.226 e. The summed E-state index contributed by atoms with van der Waals surface area (Å²) in [4.78, 5) is 21.2. The van der Waals surface area contributed by atoms with Crippen LogP contribution in [0.3, 0.4) is 0 Å². The fraction of sp³-hybridized carbons (Fsp3) is 0.556. The van der Waals surface area contributed by atoms with Gasteiger partial charge in [-0.15, -0.1) is 0 Å². The summed E-state index contributed by atoms with van der Waals surface area (Å²) in [7, 11) is 0. The molecule has 0 aromatic carbocycles. The van der Waals surface area contributed by atoms with Crippen molar-refractivity contribution in [1.82, 2.24) is 14.8 Å². The molecule has 0 atom stereocenters. The van der Waals surface area contributed by atoms with Gasteiger partial charge in [-0.25, -0.2) is 0 Å². The van der Waals surface area contributed by atoms with Crippen LogP contribution >= 0.6 is 0 Å². The third-order valence-electron chi connectivity index (χ3n) is 5.37. The lowest BCUT2D eigenvalue weighted by Gasteiger charge is -2.49. The van der Waals surface area contributed by atoms with Gasteiger partial charge in [-0.05, 0) is 37.4 Å². The number of carbonyl (C=O) groups excluding carboxylic acids is 1. The second-order valence-electron chi connectivity index (χ2n) is 7.16. The molecule has 4 heteroatoms. The van der Waals surface area contributed by atoms with Crippen LogP contribution in [0.15, 0.2) is 36.7 Å². The van der Waals surface area contributed by atoms with Crippen LogP contribution < -0.4 is 0 Å². The zero-order valence-corrected chi connectivity index (χ0v) is 12.9. The Hall–Kier alpha value is -1.68. The van der Waals surface area contributed by atoms with E-state index < -0.39 is 0 Å². The van der Waals surface area contributed by atoms with Gasteiger partial charge in [0, 0.05) is 49.9 Å². The van der Waals surface area contributed by atoms with E-state index in [1.807, 2.05) is 18.5 Å². The molecular weight excluding hydrogens is 274 g/mol. The lowest BCUT2D eigenvalue weighted by molar-refractivity contribution is -0.146. The molecule has 3 aliphatic rings. The Morgan fingerprint density at radius 2 is 2.09 bits per heavy atom. The molecule has 2 aliphatic heterocycles. The number of nitrogens with zero attached hydrogens (tertiary/aromatic N) is 3. The molecule has 116 valence electrons. The minimum Gasteiger partial charge on any atom is -0.341 e. The quantitative estimate of drug-likeness (QED) is 0.802. The van der Waals surface area contributed by atoms with Crippen molar-refractivity contribution in [1.29, 1.82) is 0 Å². The summed E-state index contributed by atoms with van der Waals surface area (Å²) in [6, 6.07) is 4.14. The summed E-state index contributed by atoms with van der Waals surface area (Å²) in [6.07, 6.45) is 11.2. The first-order valence-electron chi connectivity index (χ1n) is 8.29. The maximum atomic E-state index is 12.4. The number of amides is 1. The Balaban J connectivity index is 1.30. The third-order valence-corrected chi connectivity index (χ3v) is 5.37. The number of hydrogen-bond acceptors (Lipinski definition) is 3. The minimum atomic E-state index is 0.227. The van der Waals surface area contributed by atoms with Gasteiger partial charge in [-0.1, -0.05) is 18.2 Å². The summed E-state index contributed by atoms with van der Waals surface area (Å²) in [5, 5.41) is 0. The van der Waals surface area contributed by atoms with E-state index >= 15 is 0 Å². The highest BCUT2D eigenvalue weighted by molar-refractivity contribution is 5.80. The van der Waals surface area contributed by atoms with Crippen LogP contribution in [0.2, 0.25) is 0 Å². The molecule has 0 saturated carbocycles. The number of allylic oxidation sites excluding steroid dienone is 2. The molecule has 1 aromatic heterocycles. The monoisotopic (exact) mass is 297 g/mol. The summed E-state index contributed by atoms with van der Waals surface area (Å²) in [5.41, 5.74) is 1.65. The Labute approximate surface area is 131 Å². The Morgan fingerprint density at radius 1 is 1.27 bits per heavy atom. The standard InChI is InChI=1S/C18H23N3O/c22-17(16-5-1-2-6-16)21-13-18(14-21)7-9-20(12-18)11-15-4-3-8-19-10-15/h1-4,8,10,16H,5-7,9,11-14H2. The molecule has 0 bridgehead atoms. The van der Waals surface area contributed by atoms with E-state index in [1.54, 1.807) is 0 Å². The normalized spacial score (nSPS) is 24.1. The van der Waals surface area contributed by atoms with Crippen molar-refractivity contribution in [2.45, 2.75) is 25.8 Å². The number of carbonyl (C=O) groups is 1. The van der Waals surface area contributed by atoms with Gasteiger partial charge in [-0.3, -0.25) is 14.7 Å². The number of pyridine rings is 1. The van der Waals surface area contributed by atoms with Crippen molar-refractivity contribution >= 4 is 5.91 Å². The van der Waals surface area contributed by atoms with E-state index in [1.165, 1.54) is 12.0 Å². The van der Waals surface area contributed by atoms with E-state index in [0.717, 1.165) is 45.6 Å². The van der Waals surface area contributed by atoms with Gasteiger partial charge in [0.1, 0.15) is 0 Å². The molecule has 1 aromatic rings. The molecule has 4 rings (SSSR count). The summed E-state index contributed by atoms with van der Waals surface area (Å²) in [5.74, 6) is 0.603. The average Bonchev–Trinajstić information content (AvgIpc) is 3.16. The molecule has 0 radical (unpaired) electrons. The van der Waals surface area contributed by atoms with Crippen molar-refractivity contribution in [3.05, 3.63) is 42.2 Å². The first-order valence-corrected chi connectivity index (χ1v) is 8.29. The molecular formula is C18H23N3O. The predicted molar refractivity (Wildman–Crippen MR) is 85.0 cm³/mol. The van der Waals surface area contributed by atoms with E-state index in [4.69, 9.17) is 0 Å². The Kier molecular flexibility index (Phi) is 3.49. The highest BCUT2D eigenvalue weighted by Gasteiger charge is 2.49. The van der Waals surface area contributed by atoms with Crippen molar-refractivity contribution < 1.29 is 4.79 Å². The van der Waals surface area contributed by atoms with Crippen LogP contribution in [0.1, 0.15) is 24.8 Å². The molecule has 22 heavy (non-hydrogen) atoms. The fourth-order valence-corrected chi connectivity index (χ4v) is 4.17. The second-order valence-corrected chi connectivity index (χ2v) is 7.16. The van der Waals surface area contributed by atoms with Gasteiger partial charge >= 0.3 is 0 Å². The molecule has 2 fully saturated rings. The highest BCUT2D eigenvalue weighted by Crippen LogP contribution is 2.41. The van der Waals surface area contributed by atoms with Gasteiger partial charge < -0.3 is 4.90 Å². The number of rotatable bonds is 3. The molecule has 1 amide bonds. The highest BCUT2D eigenvalue weighted by atomic mass is 16.2. The first-order chi connectivity index (χ1) is 10.7. The van der Waals surface area contributed by atoms with Crippen molar-refractivity contribution in [3.63, 3.8) is 0 Å². The van der Waals surface area contributed by atoms with E-state index in [0.29, 0.717) is 11.3 Å². The largest absolute Gasteiger partial charge is 0.341 e. The van der Waals surface area contributed by atoms with Crippen LogP contribution in [0.4, 0.5) is 0 Å². The van der Waals surface area contributed by atoms with Gasteiger partial charge in [0.25, 0.3) is 0 Å². The van der Waals surface area contributed by atoms with Crippen LogP contribution in [-0.4, -0.2) is 46.9 Å². The van der Waals surface area contributed by atoms with Crippen LogP contribution in [0.25, 0.3) is 0 Å². The SMILES string of the molecule is O=C(C1CC=CC1)N1CC2(CCN(Cc3cccnc3)C2)C1. The Bertz CT molecular complexity index is 569. The van der Waals surface area contributed by atoms with Gasteiger partial charge in [0.15, 0.2) is 0 Å².